The summed E-state index contributed by atoms with van der Waals surface area (Å²) in [5, 5.41) is 12.3. The van der Waals surface area contributed by atoms with Crippen LogP contribution in [-0.2, 0) is 14.4 Å². The molecule has 2 aliphatic rings. The van der Waals surface area contributed by atoms with E-state index in [1.807, 2.05) is 0 Å². The summed E-state index contributed by atoms with van der Waals surface area (Å²) in [6.45, 7) is 1.22. The lowest BCUT2D eigenvalue weighted by Gasteiger charge is -2.39. The van der Waals surface area contributed by atoms with E-state index in [0.717, 1.165) is 19.3 Å². The average Bonchev–Trinajstić information content (AvgIpc) is 2.44. The number of carbonyl (C=O) groups is 3. The molecule has 2 heterocycles. The van der Waals surface area contributed by atoms with E-state index < -0.39 is 23.6 Å². The third-order valence-electron chi connectivity index (χ3n) is 3.05. The fraction of sp³-hybridized carbons (Fsp3) is 0.700. The number of hydrogen-bond acceptors (Lipinski definition) is 5. The Bertz CT molecular complexity index is 342. The number of carboxylic acids is 1. The van der Waals surface area contributed by atoms with Gasteiger partial charge in [-0.1, -0.05) is 6.42 Å². The first-order valence-corrected chi connectivity index (χ1v) is 5.42. The van der Waals surface area contributed by atoms with Gasteiger partial charge in [-0.05, 0) is 12.8 Å². The Morgan fingerprint density at radius 1 is 1.19 bits per heavy atom. The van der Waals surface area contributed by atoms with Gasteiger partial charge in [0.2, 0.25) is 11.6 Å². The van der Waals surface area contributed by atoms with Crippen molar-refractivity contribution in [3.8, 4) is 0 Å². The zero-order chi connectivity index (χ0) is 11.7. The number of fused-ring (bicyclic) bond motifs is 1. The lowest BCUT2D eigenvalue weighted by atomic mass is 10.1. The summed E-state index contributed by atoms with van der Waals surface area (Å²) in [6, 6.07) is -1.31. The van der Waals surface area contributed by atoms with Crippen molar-refractivity contribution in [2.75, 3.05) is 19.6 Å². The van der Waals surface area contributed by atoms with Crippen LogP contribution in [0.5, 0.6) is 0 Å². The number of hydrazine groups is 1. The third-order valence-corrected chi connectivity index (χ3v) is 3.05. The van der Waals surface area contributed by atoms with Gasteiger partial charge < -0.3 is 5.11 Å². The maximum absolute atomic E-state index is 11.5. The molecule has 1 N–H and O–H groups in total. The van der Waals surface area contributed by atoms with E-state index in [1.165, 1.54) is 0 Å². The maximum Gasteiger partial charge on any atom is 0.330 e. The van der Waals surface area contributed by atoms with Gasteiger partial charge in [0.15, 0.2) is 6.04 Å². The van der Waals surface area contributed by atoms with Crippen LogP contribution >= 0.6 is 0 Å². The van der Waals surface area contributed by atoms with Crippen molar-refractivity contribution in [1.29, 1.82) is 0 Å². The van der Waals surface area contributed by atoms with E-state index in [1.54, 1.807) is 10.0 Å². The summed E-state index contributed by atoms with van der Waals surface area (Å²) < 4.78 is 0. The molecule has 0 spiro atoms. The van der Waals surface area contributed by atoms with Gasteiger partial charge in [0.25, 0.3) is 0 Å². The molecular weight excluding hydrogens is 212 g/mol. The molecule has 0 aliphatic carbocycles. The van der Waals surface area contributed by atoms with Crippen LogP contribution in [0.3, 0.4) is 0 Å². The Balaban J connectivity index is 2.27. The molecule has 1 atom stereocenters. The largest absolute Gasteiger partial charge is 0.480 e. The molecular formula is C10H14N2O4. The normalized spacial score (nSPS) is 28.6. The molecule has 0 aromatic heterocycles. The van der Waals surface area contributed by atoms with Crippen LogP contribution in [0.25, 0.3) is 0 Å². The molecule has 0 bridgehead atoms. The molecule has 2 rings (SSSR count). The number of hydrogen-bond donors (Lipinski definition) is 1. The maximum atomic E-state index is 11.5. The third kappa shape index (κ3) is 1.85. The zero-order valence-electron chi connectivity index (χ0n) is 8.89. The molecule has 16 heavy (non-hydrogen) atoms. The van der Waals surface area contributed by atoms with Crippen molar-refractivity contribution in [2.45, 2.75) is 25.3 Å². The van der Waals surface area contributed by atoms with E-state index in [0.29, 0.717) is 13.1 Å². The number of Topliss-reactive ketones (excluding diaryl/α,β-unsaturated/α-hetero) is 2. The number of carboxylic acid groups (broad SMARTS) is 1. The van der Waals surface area contributed by atoms with Crippen molar-refractivity contribution in [3.05, 3.63) is 0 Å². The summed E-state index contributed by atoms with van der Waals surface area (Å²) >= 11 is 0. The minimum Gasteiger partial charge on any atom is -0.480 e. The van der Waals surface area contributed by atoms with Crippen molar-refractivity contribution in [3.63, 3.8) is 0 Å². The van der Waals surface area contributed by atoms with E-state index >= 15 is 0 Å². The van der Waals surface area contributed by atoms with E-state index in [9.17, 15) is 14.4 Å². The minimum absolute atomic E-state index is 0.0304. The molecule has 6 heteroatoms. The smallest absolute Gasteiger partial charge is 0.330 e. The Morgan fingerprint density at radius 2 is 1.88 bits per heavy atom. The lowest BCUT2D eigenvalue weighted by Crippen LogP contribution is -2.63. The van der Waals surface area contributed by atoms with Crippen LogP contribution in [0.15, 0.2) is 0 Å². The van der Waals surface area contributed by atoms with Crippen LogP contribution in [0, 0.1) is 0 Å². The van der Waals surface area contributed by atoms with Crippen LogP contribution in [-0.4, -0.2) is 58.3 Å². The Morgan fingerprint density at radius 3 is 2.56 bits per heavy atom. The van der Waals surface area contributed by atoms with Crippen molar-refractivity contribution < 1.29 is 19.5 Å². The summed E-state index contributed by atoms with van der Waals surface area (Å²) in [5.41, 5.74) is 0. The predicted molar refractivity (Wildman–Crippen MR) is 53.6 cm³/mol. The van der Waals surface area contributed by atoms with E-state index in [-0.39, 0.29) is 6.54 Å². The second-order valence-electron chi connectivity index (χ2n) is 4.14. The molecule has 2 saturated heterocycles. The first kappa shape index (κ1) is 11.2. The Labute approximate surface area is 92.8 Å². The first-order valence-electron chi connectivity index (χ1n) is 5.42. The SMILES string of the molecule is O=C1CN2CCCCCN2C(C(=O)O)C1=O. The fourth-order valence-corrected chi connectivity index (χ4v) is 2.25. The minimum atomic E-state index is -1.31. The summed E-state index contributed by atoms with van der Waals surface area (Å²) in [7, 11) is 0. The molecule has 2 aliphatic heterocycles. The van der Waals surface area contributed by atoms with Crippen molar-refractivity contribution in [2.24, 2.45) is 0 Å². The van der Waals surface area contributed by atoms with E-state index in [4.69, 9.17) is 5.11 Å². The molecule has 1 unspecified atom stereocenters. The van der Waals surface area contributed by atoms with Crippen molar-refractivity contribution >= 4 is 17.5 Å². The van der Waals surface area contributed by atoms with Crippen LogP contribution in [0.1, 0.15) is 19.3 Å². The van der Waals surface area contributed by atoms with Crippen LogP contribution in [0.2, 0.25) is 0 Å². The van der Waals surface area contributed by atoms with Crippen LogP contribution < -0.4 is 0 Å². The molecule has 6 nitrogen and oxygen atoms in total. The molecule has 0 radical (unpaired) electrons. The van der Waals surface area contributed by atoms with Gasteiger partial charge in [0.05, 0.1) is 6.54 Å². The molecule has 0 aromatic rings. The highest BCUT2D eigenvalue weighted by atomic mass is 16.4. The summed E-state index contributed by atoms with van der Waals surface area (Å²) in [6.07, 6.45) is 2.80. The number of aliphatic carboxylic acids is 1. The monoisotopic (exact) mass is 226 g/mol. The molecule has 0 aromatic carbocycles. The predicted octanol–water partition coefficient (Wildman–Crippen LogP) is -0.706. The standard InChI is InChI=1S/C10H14N2O4/c13-7-6-11-4-2-1-3-5-12(11)8(9(7)14)10(15)16/h8H,1-6H2,(H,15,16). The number of carbonyl (C=O) groups excluding carboxylic acids is 2. The fourth-order valence-electron chi connectivity index (χ4n) is 2.25. The molecule has 2 fully saturated rings. The second-order valence-corrected chi connectivity index (χ2v) is 4.14. The number of nitrogens with zero attached hydrogens (tertiary/aromatic N) is 2. The highest BCUT2D eigenvalue weighted by molar-refractivity contribution is 6.43. The van der Waals surface area contributed by atoms with Gasteiger partial charge in [0.1, 0.15) is 0 Å². The van der Waals surface area contributed by atoms with Gasteiger partial charge in [0, 0.05) is 13.1 Å². The molecule has 0 amide bonds. The van der Waals surface area contributed by atoms with E-state index in [2.05, 4.69) is 0 Å². The Kier molecular flexibility index (Phi) is 3.02. The van der Waals surface area contributed by atoms with Gasteiger partial charge >= 0.3 is 5.97 Å². The molecule has 88 valence electrons. The highest BCUT2D eigenvalue weighted by Gasteiger charge is 2.44. The summed E-state index contributed by atoms with van der Waals surface area (Å²) in [4.78, 5) is 34.0. The Hall–Kier alpha value is -1.27. The zero-order valence-corrected chi connectivity index (χ0v) is 8.89. The highest BCUT2D eigenvalue weighted by Crippen LogP contribution is 2.19. The van der Waals surface area contributed by atoms with Crippen LogP contribution in [0.4, 0.5) is 0 Å². The lowest BCUT2D eigenvalue weighted by molar-refractivity contribution is -0.171. The van der Waals surface area contributed by atoms with Crippen molar-refractivity contribution in [1.82, 2.24) is 10.0 Å². The quantitative estimate of drug-likeness (QED) is 0.470. The van der Waals surface area contributed by atoms with Gasteiger partial charge in [-0.15, -0.1) is 0 Å². The average molecular weight is 226 g/mol. The number of ketones is 2. The first-order chi connectivity index (χ1) is 7.61. The van der Waals surface area contributed by atoms with Gasteiger partial charge in [-0.25, -0.2) is 14.8 Å². The summed E-state index contributed by atoms with van der Waals surface area (Å²) in [5.74, 6) is -2.61. The topological polar surface area (TPSA) is 77.9 Å². The van der Waals surface area contributed by atoms with Gasteiger partial charge in [-0.3, -0.25) is 9.59 Å². The second kappa shape index (κ2) is 4.31. The molecule has 0 saturated carbocycles. The number of rotatable bonds is 1. The van der Waals surface area contributed by atoms with Gasteiger partial charge in [-0.2, -0.15) is 0 Å².